The molecular formula is C29H31F5N2O2. The first-order valence-corrected chi connectivity index (χ1v) is 12.6. The summed E-state index contributed by atoms with van der Waals surface area (Å²) in [5.41, 5.74) is 0.769. The molecule has 1 fully saturated rings. The number of hydrogen-bond acceptors (Lipinski definition) is 4. The summed E-state index contributed by atoms with van der Waals surface area (Å²) in [5.74, 6) is -0.649. The zero-order valence-electron chi connectivity index (χ0n) is 20.9. The van der Waals surface area contributed by atoms with Gasteiger partial charge in [-0.3, -0.25) is 0 Å². The lowest BCUT2D eigenvalue weighted by molar-refractivity contribution is -0.140. The van der Waals surface area contributed by atoms with Gasteiger partial charge in [0, 0.05) is 37.0 Å². The van der Waals surface area contributed by atoms with Gasteiger partial charge in [-0.15, -0.1) is 0 Å². The first kappa shape index (κ1) is 28.0. The van der Waals surface area contributed by atoms with Crippen molar-refractivity contribution in [3.05, 3.63) is 101 Å². The van der Waals surface area contributed by atoms with Crippen molar-refractivity contribution in [2.24, 2.45) is 0 Å². The van der Waals surface area contributed by atoms with Crippen molar-refractivity contribution in [2.45, 2.75) is 44.1 Å². The summed E-state index contributed by atoms with van der Waals surface area (Å²) in [4.78, 5) is 0. The van der Waals surface area contributed by atoms with Crippen LogP contribution in [0.3, 0.4) is 0 Å². The number of benzene rings is 3. The molecule has 1 aliphatic rings. The average molecular weight is 535 g/mol. The lowest BCUT2D eigenvalue weighted by Gasteiger charge is -2.33. The van der Waals surface area contributed by atoms with Crippen LogP contribution in [0.25, 0.3) is 0 Å². The second-order valence-corrected chi connectivity index (χ2v) is 9.31. The van der Waals surface area contributed by atoms with Gasteiger partial charge in [0.25, 0.3) is 0 Å². The van der Waals surface area contributed by atoms with Crippen LogP contribution in [0, 0.1) is 11.6 Å². The van der Waals surface area contributed by atoms with Crippen LogP contribution in [-0.2, 0) is 24.1 Å². The Labute approximate surface area is 219 Å². The molecule has 3 aromatic rings. The number of halogens is 5. The molecule has 4 nitrogen and oxygen atoms in total. The summed E-state index contributed by atoms with van der Waals surface area (Å²) in [6.07, 6.45) is -3.20. The topological polar surface area (TPSA) is 42.5 Å². The molecule has 1 unspecified atom stereocenters. The molecule has 1 heterocycles. The molecule has 2 atom stereocenters. The van der Waals surface area contributed by atoms with Gasteiger partial charge in [0.15, 0.2) is 0 Å². The maximum absolute atomic E-state index is 13.6. The Hall–Kier alpha value is -3.01. The molecule has 0 aliphatic carbocycles. The predicted molar refractivity (Wildman–Crippen MR) is 135 cm³/mol. The first-order chi connectivity index (χ1) is 18.3. The highest BCUT2D eigenvalue weighted by Crippen LogP contribution is 2.32. The van der Waals surface area contributed by atoms with Gasteiger partial charge in [0.1, 0.15) is 17.4 Å². The van der Waals surface area contributed by atoms with Crippen LogP contribution in [0.4, 0.5) is 22.0 Å². The van der Waals surface area contributed by atoms with Crippen molar-refractivity contribution in [3.63, 3.8) is 0 Å². The zero-order valence-corrected chi connectivity index (χ0v) is 20.9. The highest BCUT2D eigenvalue weighted by molar-refractivity contribution is 5.31. The first-order valence-electron chi connectivity index (χ1n) is 12.6. The fourth-order valence-corrected chi connectivity index (χ4v) is 4.58. The fourth-order valence-electron chi connectivity index (χ4n) is 4.58. The van der Waals surface area contributed by atoms with E-state index in [0.29, 0.717) is 37.3 Å². The molecule has 1 aliphatic heterocycles. The summed E-state index contributed by atoms with van der Waals surface area (Å²) in [7, 11) is 0. The lowest BCUT2D eigenvalue weighted by atomic mass is 9.86. The molecule has 0 saturated carbocycles. The minimum atomic E-state index is -4.73. The van der Waals surface area contributed by atoms with Crippen molar-refractivity contribution in [3.8, 4) is 5.75 Å². The van der Waals surface area contributed by atoms with Crippen LogP contribution in [0.2, 0.25) is 0 Å². The molecule has 1 saturated heterocycles. The van der Waals surface area contributed by atoms with Gasteiger partial charge in [-0.05, 0) is 54.4 Å². The minimum Gasteiger partial charge on any atom is -0.494 e. The Morgan fingerprint density at radius 1 is 0.921 bits per heavy atom. The molecule has 9 heteroatoms. The summed E-state index contributed by atoms with van der Waals surface area (Å²) < 4.78 is 77.7. The number of ether oxygens (including phenoxy) is 2. The molecule has 0 amide bonds. The minimum absolute atomic E-state index is 0.00140. The van der Waals surface area contributed by atoms with E-state index in [9.17, 15) is 22.0 Å². The number of hydrogen-bond donors (Lipinski definition) is 2. The van der Waals surface area contributed by atoms with Crippen molar-refractivity contribution in [1.82, 2.24) is 10.6 Å². The Balaban J connectivity index is 1.25. The van der Waals surface area contributed by atoms with Crippen LogP contribution < -0.4 is 15.4 Å². The van der Waals surface area contributed by atoms with E-state index in [0.717, 1.165) is 36.4 Å². The van der Waals surface area contributed by atoms with Crippen molar-refractivity contribution in [2.75, 3.05) is 26.3 Å². The normalized spacial score (nSPS) is 17.9. The average Bonchev–Trinajstić information content (AvgIpc) is 2.91. The van der Waals surface area contributed by atoms with Gasteiger partial charge in [-0.1, -0.05) is 36.4 Å². The molecule has 0 aromatic heterocycles. The van der Waals surface area contributed by atoms with E-state index in [4.69, 9.17) is 9.47 Å². The van der Waals surface area contributed by atoms with E-state index in [1.807, 2.05) is 24.3 Å². The van der Waals surface area contributed by atoms with Crippen molar-refractivity contribution in [1.29, 1.82) is 0 Å². The quantitative estimate of drug-likeness (QED) is 0.227. The second kappa shape index (κ2) is 13.2. The van der Waals surface area contributed by atoms with E-state index < -0.39 is 17.6 Å². The molecule has 4 rings (SSSR count). The molecule has 3 aromatic carbocycles. The van der Waals surface area contributed by atoms with E-state index in [-0.39, 0.29) is 30.9 Å². The third-order valence-corrected chi connectivity index (χ3v) is 6.61. The second-order valence-electron chi connectivity index (χ2n) is 9.31. The largest absolute Gasteiger partial charge is 0.494 e. The lowest BCUT2D eigenvalue weighted by Crippen LogP contribution is -2.47. The third kappa shape index (κ3) is 7.75. The number of nitrogens with one attached hydrogen (secondary N) is 2. The summed E-state index contributed by atoms with van der Waals surface area (Å²) in [5, 5.41) is 6.67. The van der Waals surface area contributed by atoms with Gasteiger partial charge in [-0.2, -0.15) is 13.2 Å². The fraction of sp³-hybridized carbons (Fsp3) is 0.379. The van der Waals surface area contributed by atoms with Crippen LogP contribution >= 0.6 is 0 Å². The van der Waals surface area contributed by atoms with Crippen molar-refractivity contribution >= 4 is 0 Å². The number of alkyl halides is 3. The highest BCUT2D eigenvalue weighted by atomic mass is 19.4. The molecule has 0 spiro atoms. The third-order valence-electron chi connectivity index (χ3n) is 6.61. The molecule has 204 valence electrons. The van der Waals surface area contributed by atoms with E-state index in [1.54, 1.807) is 18.2 Å². The summed E-state index contributed by atoms with van der Waals surface area (Å²) in [6, 6.07) is 17.5. The van der Waals surface area contributed by atoms with Crippen LogP contribution in [-0.4, -0.2) is 32.3 Å². The summed E-state index contributed by atoms with van der Waals surface area (Å²) >= 11 is 0. The Morgan fingerprint density at radius 3 is 2.47 bits per heavy atom. The van der Waals surface area contributed by atoms with E-state index >= 15 is 0 Å². The molecule has 0 radical (unpaired) electrons. The van der Waals surface area contributed by atoms with E-state index in [2.05, 4.69) is 10.6 Å². The number of piperidine rings is 1. The smallest absolute Gasteiger partial charge is 0.419 e. The molecule has 38 heavy (non-hydrogen) atoms. The summed E-state index contributed by atoms with van der Waals surface area (Å²) in [6.45, 7) is 2.84. The zero-order chi connectivity index (χ0) is 27.0. The van der Waals surface area contributed by atoms with Crippen LogP contribution in [0.1, 0.15) is 41.0 Å². The van der Waals surface area contributed by atoms with Gasteiger partial charge in [-0.25, -0.2) is 8.78 Å². The van der Waals surface area contributed by atoms with Crippen molar-refractivity contribution < 1.29 is 31.4 Å². The predicted octanol–water partition coefficient (Wildman–Crippen LogP) is 6.20. The SMILES string of the molecule is Fc1ccccc1COCCCOc1ccc(C2CCNC[C@H]2NCc2ccc(F)c(C(F)(F)F)c2)cc1. The van der Waals surface area contributed by atoms with Gasteiger partial charge < -0.3 is 20.1 Å². The number of rotatable bonds is 11. The standard InChI is InChI=1S/C29H31F5N2O2/c30-26-5-2-1-4-22(26)19-37-14-3-15-38-23-9-7-21(8-10-23)24-12-13-35-18-28(24)36-17-20-6-11-27(31)25(16-20)29(32,33)34/h1-2,4-11,16,24,28,35-36H,3,12-15,17-19H2/t24?,28-/m1/s1. The van der Waals surface area contributed by atoms with Crippen LogP contribution in [0.5, 0.6) is 5.75 Å². The van der Waals surface area contributed by atoms with Gasteiger partial charge in [0.2, 0.25) is 0 Å². The molecule has 2 N–H and O–H groups in total. The van der Waals surface area contributed by atoms with Gasteiger partial charge in [0.05, 0.1) is 25.4 Å². The van der Waals surface area contributed by atoms with Crippen LogP contribution in [0.15, 0.2) is 66.7 Å². The Kier molecular flexibility index (Phi) is 9.71. The maximum Gasteiger partial charge on any atom is 0.419 e. The highest BCUT2D eigenvalue weighted by Gasteiger charge is 2.34. The molecule has 0 bridgehead atoms. The van der Waals surface area contributed by atoms with Gasteiger partial charge >= 0.3 is 6.18 Å². The molecular weight excluding hydrogens is 503 g/mol. The van der Waals surface area contributed by atoms with E-state index in [1.165, 1.54) is 12.1 Å². The maximum atomic E-state index is 13.6. The Bertz CT molecular complexity index is 1170. The monoisotopic (exact) mass is 534 g/mol. The Morgan fingerprint density at radius 2 is 1.71 bits per heavy atom.